The van der Waals surface area contributed by atoms with E-state index in [1.54, 1.807) is 14.1 Å². The molecule has 7 nitrogen and oxygen atoms in total. The highest BCUT2D eigenvalue weighted by Crippen LogP contribution is 2.19. The maximum atomic E-state index is 13.3. The summed E-state index contributed by atoms with van der Waals surface area (Å²) in [7, 11) is -0.933. The molecule has 0 radical (unpaired) electrons. The topological polar surface area (TPSA) is 95.6 Å². The average molecular weight is 454 g/mol. The fourth-order valence-corrected chi connectivity index (χ4v) is 3.86. The van der Waals surface area contributed by atoms with Crippen molar-refractivity contribution in [2.75, 3.05) is 18.8 Å². The van der Waals surface area contributed by atoms with Crippen LogP contribution in [0, 0.1) is 17.6 Å². The van der Waals surface area contributed by atoms with Crippen LogP contribution >= 0.6 is 0 Å². The molecule has 10 heteroatoms. The van der Waals surface area contributed by atoms with Gasteiger partial charge in [0, 0.05) is 25.3 Å². The van der Waals surface area contributed by atoms with Crippen LogP contribution in [0.5, 0.6) is 0 Å². The van der Waals surface area contributed by atoms with Gasteiger partial charge < -0.3 is 10.2 Å². The summed E-state index contributed by atoms with van der Waals surface area (Å²) in [6.45, 7) is 3.88. The minimum atomic E-state index is -4.15. The van der Waals surface area contributed by atoms with Crippen molar-refractivity contribution in [2.24, 2.45) is 5.92 Å². The first-order valence-electron chi connectivity index (χ1n) is 9.50. The van der Waals surface area contributed by atoms with Gasteiger partial charge in [0.25, 0.3) is 15.9 Å². The van der Waals surface area contributed by atoms with Crippen molar-refractivity contribution in [3.8, 4) is 0 Å². The summed E-state index contributed by atoms with van der Waals surface area (Å²) >= 11 is 0. The van der Waals surface area contributed by atoms with Gasteiger partial charge in [0.1, 0.15) is 6.04 Å². The predicted octanol–water partition coefficient (Wildman–Crippen LogP) is 3.00. The molecular formula is C21H25F2N3O4S. The number of likely N-dealkylation sites (N-methyl/N-ethyl adjacent to an activating group) is 1. The summed E-state index contributed by atoms with van der Waals surface area (Å²) in [5.41, 5.74) is 0.362. The number of carbonyl (C=O) groups is 2. The highest BCUT2D eigenvalue weighted by atomic mass is 32.2. The molecule has 2 N–H and O–H groups in total. The van der Waals surface area contributed by atoms with Gasteiger partial charge in [-0.25, -0.2) is 17.2 Å². The molecule has 2 aromatic carbocycles. The molecule has 0 aliphatic rings. The van der Waals surface area contributed by atoms with Gasteiger partial charge in [-0.1, -0.05) is 13.8 Å². The molecule has 0 spiro atoms. The normalized spacial score (nSPS) is 12.4. The van der Waals surface area contributed by atoms with Crippen LogP contribution in [0.15, 0.2) is 47.4 Å². The monoisotopic (exact) mass is 453 g/mol. The van der Waals surface area contributed by atoms with E-state index in [0.29, 0.717) is 12.5 Å². The number of amides is 2. The molecule has 0 fully saturated rings. The highest BCUT2D eigenvalue weighted by molar-refractivity contribution is 7.92. The number of benzene rings is 2. The lowest BCUT2D eigenvalue weighted by molar-refractivity contribution is -0.131. The Bertz CT molecular complexity index is 1050. The molecule has 0 saturated heterocycles. The van der Waals surface area contributed by atoms with E-state index >= 15 is 0 Å². The fraction of sp³-hybridized carbons (Fsp3) is 0.333. The Morgan fingerprint density at radius 2 is 1.61 bits per heavy atom. The van der Waals surface area contributed by atoms with Crippen LogP contribution in [-0.4, -0.2) is 45.3 Å². The Balaban J connectivity index is 2.13. The van der Waals surface area contributed by atoms with E-state index < -0.39 is 38.5 Å². The molecule has 2 rings (SSSR count). The molecule has 0 aromatic heterocycles. The van der Waals surface area contributed by atoms with Gasteiger partial charge in [0.05, 0.1) is 4.90 Å². The maximum absolute atomic E-state index is 13.3. The number of nitrogens with zero attached hydrogens (tertiary/aromatic N) is 1. The number of hydrogen-bond acceptors (Lipinski definition) is 4. The van der Waals surface area contributed by atoms with Crippen LogP contribution in [0.25, 0.3) is 0 Å². The molecular weight excluding hydrogens is 428 g/mol. The number of anilines is 1. The molecule has 0 saturated carbocycles. The standard InChI is InChI=1S/C21H25F2N3O4S/c1-13(2)11-19(21(28)26(3)4)24-20(27)14-5-7-15(8-6-14)25-31(29,30)16-9-10-17(22)18(23)12-16/h5-10,12-13,19,25H,11H2,1-4H3,(H,24,27)/t19-/m1/s1. The van der Waals surface area contributed by atoms with E-state index in [0.717, 1.165) is 12.1 Å². The summed E-state index contributed by atoms with van der Waals surface area (Å²) in [6, 6.07) is 7.06. The second-order valence-electron chi connectivity index (χ2n) is 7.65. The summed E-state index contributed by atoms with van der Waals surface area (Å²) in [5, 5.41) is 2.70. The van der Waals surface area contributed by atoms with Gasteiger partial charge >= 0.3 is 0 Å². The Morgan fingerprint density at radius 3 is 2.13 bits per heavy atom. The zero-order chi connectivity index (χ0) is 23.3. The summed E-state index contributed by atoms with van der Waals surface area (Å²) in [5.74, 6) is -2.95. The number of carbonyl (C=O) groups excluding carboxylic acids is 2. The number of nitrogens with one attached hydrogen (secondary N) is 2. The minimum absolute atomic E-state index is 0.129. The minimum Gasteiger partial charge on any atom is -0.347 e. The third-order valence-electron chi connectivity index (χ3n) is 4.35. The Morgan fingerprint density at radius 1 is 1.00 bits per heavy atom. The largest absolute Gasteiger partial charge is 0.347 e. The van der Waals surface area contributed by atoms with Crippen molar-refractivity contribution in [3.63, 3.8) is 0 Å². The van der Waals surface area contributed by atoms with Crippen LogP contribution in [0.2, 0.25) is 0 Å². The third kappa shape index (κ3) is 6.48. The number of halogens is 2. The van der Waals surface area contributed by atoms with Gasteiger partial charge in [-0.05, 0) is 54.8 Å². The number of hydrogen-bond donors (Lipinski definition) is 2. The van der Waals surface area contributed by atoms with Gasteiger partial charge in [0.15, 0.2) is 11.6 Å². The van der Waals surface area contributed by atoms with Crippen LogP contribution in [-0.2, 0) is 14.8 Å². The van der Waals surface area contributed by atoms with Gasteiger partial charge in [-0.15, -0.1) is 0 Å². The van der Waals surface area contributed by atoms with Crippen molar-refractivity contribution < 1.29 is 26.8 Å². The zero-order valence-electron chi connectivity index (χ0n) is 17.6. The van der Waals surface area contributed by atoms with E-state index in [-0.39, 0.29) is 23.1 Å². The maximum Gasteiger partial charge on any atom is 0.261 e. The lowest BCUT2D eigenvalue weighted by atomic mass is 10.0. The van der Waals surface area contributed by atoms with Gasteiger partial charge in [0.2, 0.25) is 5.91 Å². The quantitative estimate of drug-likeness (QED) is 0.642. The Kier molecular flexibility index (Phi) is 7.72. The summed E-state index contributed by atoms with van der Waals surface area (Å²) in [4.78, 5) is 25.8. The molecule has 168 valence electrons. The first-order chi connectivity index (χ1) is 14.4. The van der Waals surface area contributed by atoms with Crippen molar-refractivity contribution in [1.82, 2.24) is 10.2 Å². The molecule has 0 aliphatic carbocycles. The van der Waals surface area contributed by atoms with Gasteiger partial charge in [-0.3, -0.25) is 14.3 Å². The Hall–Kier alpha value is -3.01. The highest BCUT2D eigenvalue weighted by Gasteiger charge is 2.24. The van der Waals surface area contributed by atoms with Gasteiger partial charge in [-0.2, -0.15) is 0 Å². The van der Waals surface area contributed by atoms with Crippen LogP contribution < -0.4 is 10.0 Å². The number of rotatable bonds is 8. The van der Waals surface area contributed by atoms with E-state index in [1.165, 1.54) is 29.2 Å². The summed E-state index contributed by atoms with van der Waals surface area (Å²) in [6.07, 6.45) is 0.467. The van der Waals surface area contributed by atoms with Crippen molar-refractivity contribution in [2.45, 2.75) is 31.2 Å². The molecule has 0 unspecified atom stereocenters. The second kappa shape index (κ2) is 9.86. The predicted molar refractivity (Wildman–Crippen MR) is 113 cm³/mol. The average Bonchev–Trinajstić information content (AvgIpc) is 2.68. The Labute approximate surface area is 180 Å². The summed E-state index contributed by atoms with van der Waals surface area (Å²) < 4.78 is 53.3. The van der Waals surface area contributed by atoms with E-state index in [1.807, 2.05) is 13.8 Å². The van der Waals surface area contributed by atoms with Crippen molar-refractivity contribution in [1.29, 1.82) is 0 Å². The molecule has 0 heterocycles. The smallest absolute Gasteiger partial charge is 0.261 e. The first-order valence-corrected chi connectivity index (χ1v) is 11.0. The third-order valence-corrected chi connectivity index (χ3v) is 5.73. The lowest BCUT2D eigenvalue weighted by Crippen LogP contribution is -2.46. The molecule has 0 bridgehead atoms. The van der Waals surface area contributed by atoms with E-state index in [4.69, 9.17) is 0 Å². The van der Waals surface area contributed by atoms with E-state index in [2.05, 4.69) is 10.0 Å². The van der Waals surface area contributed by atoms with Crippen LogP contribution in [0.4, 0.5) is 14.5 Å². The van der Waals surface area contributed by atoms with Crippen LogP contribution in [0.3, 0.4) is 0 Å². The SMILES string of the molecule is CC(C)C[C@@H](NC(=O)c1ccc(NS(=O)(=O)c2ccc(F)c(F)c2)cc1)C(=O)N(C)C. The molecule has 31 heavy (non-hydrogen) atoms. The zero-order valence-corrected chi connectivity index (χ0v) is 18.5. The first kappa shape index (κ1) is 24.3. The second-order valence-corrected chi connectivity index (χ2v) is 9.33. The molecule has 2 aromatic rings. The molecule has 1 atom stereocenters. The van der Waals surface area contributed by atoms with Crippen molar-refractivity contribution in [3.05, 3.63) is 59.7 Å². The lowest BCUT2D eigenvalue weighted by Gasteiger charge is -2.23. The molecule has 0 aliphatic heterocycles. The van der Waals surface area contributed by atoms with Crippen molar-refractivity contribution >= 4 is 27.5 Å². The van der Waals surface area contributed by atoms with E-state index in [9.17, 15) is 26.8 Å². The number of sulfonamides is 1. The fourth-order valence-electron chi connectivity index (χ4n) is 2.79. The van der Waals surface area contributed by atoms with Crippen LogP contribution in [0.1, 0.15) is 30.6 Å². The molecule has 2 amide bonds.